The Hall–Kier alpha value is -0.870. The number of likely N-dealkylation sites (tertiary alicyclic amines) is 1. The third-order valence-corrected chi connectivity index (χ3v) is 4.76. The van der Waals surface area contributed by atoms with Gasteiger partial charge in [-0.1, -0.05) is 6.92 Å². The molecule has 0 saturated carbocycles. The Morgan fingerprint density at radius 1 is 1.67 bits per heavy atom. The largest absolute Gasteiger partial charge is 0.338 e. The SMILES string of the molecule is CCc1ccsc1C(=O)N1CCC[C@@H]([C@@H](C)N)C1. The van der Waals surface area contributed by atoms with E-state index >= 15 is 0 Å². The predicted octanol–water partition coefficient (Wildman–Crippen LogP) is 2.51. The van der Waals surface area contributed by atoms with E-state index in [9.17, 15) is 4.79 Å². The number of thiophene rings is 1. The first-order valence-corrected chi connectivity index (χ1v) is 7.62. The van der Waals surface area contributed by atoms with Crippen molar-refractivity contribution in [2.75, 3.05) is 13.1 Å². The normalized spacial score (nSPS) is 21.9. The molecule has 0 spiro atoms. The van der Waals surface area contributed by atoms with Gasteiger partial charge in [0.05, 0.1) is 4.88 Å². The first-order valence-electron chi connectivity index (χ1n) is 6.74. The molecular formula is C14H22N2OS. The van der Waals surface area contributed by atoms with Crippen molar-refractivity contribution in [1.29, 1.82) is 0 Å². The van der Waals surface area contributed by atoms with Crippen LogP contribution in [0.5, 0.6) is 0 Å². The van der Waals surface area contributed by atoms with Crippen molar-refractivity contribution >= 4 is 17.2 Å². The van der Waals surface area contributed by atoms with Crippen LogP contribution in [0.1, 0.15) is 41.9 Å². The van der Waals surface area contributed by atoms with Crippen LogP contribution in [0.2, 0.25) is 0 Å². The van der Waals surface area contributed by atoms with E-state index in [0.29, 0.717) is 5.92 Å². The molecule has 0 bridgehead atoms. The molecule has 2 heterocycles. The van der Waals surface area contributed by atoms with E-state index in [1.807, 2.05) is 17.2 Å². The van der Waals surface area contributed by atoms with Gasteiger partial charge in [0.15, 0.2) is 0 Å². The van der Waals surface area contributed by atoms with E-state index in [0.717, 1.165) is 37.2 Å². The molecule has 1 amide bonds. The van der Waals surface area contributed by atoms with Crippen molar-refractivity contribution < 1.29 is 4.79 Å². The highest BCUT2D eigenvalue weighted by molar-refractivity contribution is 7.12. The minimum atomic E-state index is 0.176. The zero-order chi connectivity index (χ0) is 13.1. The lowest BCUT2D eigenvalue weighted by Gasteiger charge is -2.34. The summed E-state index contributed by atoms with van der Waals surface area (Å²) >= 11 is 1.56. The molecule has 1 saturated heterocycles. The van der Waals surface area contributed by atoms with Gasteiger partial charge in [-0.05, 0) is 49.1 Å². The third kappa shape index (κ3) is 2.75. The summed E-state index contributed by atoms with van der Waals surface area (Å²) in [6.07, 6.45) is 3.15. The molecule has 1 aliphatic heterocycles. The summed E-state index contributed by atoms with van der Waals surface area (Å²) < 4.78 is 0. The molecule has 18 heavy (non-hydrogen) atoms. The summed E-state index contributed by atoms with van der Waals surface area (Å²) in [6, 6.07) is 2.24. The highest BCUT2D eigenvalue weighted by Gasteiger charge is 2.27. The second-order valence-electron chi connectivity index (χ2n) is 5.14. The van der Waals surface area contributed by atoms with Crippen LogP contribution in [0.15, 0.2) is 11.4 Å². The molecule has 0 radical (unpaired) electrons. The maximum atomic E-state index is 12.5. The van der Waals surface area contributed by atoms with Crippen LogP contribution in [-0.2, 0) is 6.42 Å². The highest BCUT2D eigenvalue weighted by Crippen LogP contribution is 2.24. The van der Waals surface area contributed by atoms with Crippen LogP contribution in [0, 0.1) is 5.92 Å². The van der Waals surface area contributed by atoms with Gasteiger partial charge in [-0.25, -0.2) is 0 Å². The fourth-order valence-corrected chi connectivity index (χ4v) is 3.53. The van der Waals surface area contributed by atoms with Gasteiger partial charge < -0.3 is 10.6 Å². The standard InChI is InChI=1S/C14H22N2OS/c1-3-11-6-8-18-13(11)14(17)16-7-4-5-12(9-16)10(2)15/h6,8,10,12H,3-5,7,9,15H2,1-2H3/t10-,12-/m1/s1. The minimum Gasteiger partial charge on any atom is -0.338 e. The number of aryl methyl sites for hydroxylation is 1. The van der Waals surface area contributed by atoms with Gasteiger partial charge in [0.2, 0.25) is 0 Å². The first kappa shape index (κ1) is 13.6. The number of carbonyl (C=O) groups is 1. The summed E-state index contributed by atoms with van der Waals surface area (Å²) in [7, 11) is 0. The van der Waals surface area contributed by atoms with Crippen molar-refractivity contribution in [2.45, 2.75) is 39.2 Å². The monoisotopic (exact) mass is 266 g/mol. The molecule has 1 fully saturated rings. The van der Waals surface area contributed by atoms with Crippen molar-refractivity contribution in [3.05, 3.63) is 21.9 Å². The lowest BCUT2D eigenvalue weighted by atomic mass is 9.92. The molecule has 2 N–H and O–H groups in total. The molecule has 100 valence electrons. The Morgan fingerprint density at radius 2 is 2.44 bits per heavy atom. The summed E-state index contributed by atoms with van der Waals surface area (Å²) in [4.78, 5) is 15.4. The quantitative estimate of drug-likeness (QED) is 0.913. The van der Waals surface area contributed by atoms with Gasteiger partial charge in [0.1, 0.15) is 0 Å². The molecule has 0 aliphatic carbocycles. The lowest BCUT2D eigenvalue weighted by molar-refractivity contribution is 0.0665. The molecule has 2 rings (SSSR count). The van der Waals surface area contributed by atoms with Crippen molar-refractivity contribution in [1.82, 2.24) is 4.90 Å². The number of nitrogens with two attached hydrogens (primary N) is 1. The Bertz CT molecular complexity index is 414. The molecule has 2 atom stereocenters. The van der Waals surface area contributed by atoms with Gasteiger partial charge >= 0.3 is 0 Å². The van der Waals surface area contributed by atoms with Crippen LogP contribution in [0.25, 0.3) is 0 Å². The fraction of sp³-hybridized carbons (Fsp3) is 0.643. The Labute approximate surface area is 113 Å². The topological polar surface area (TPSA) is 46.3 Å². The van der Waals surface area contributed by atoms with Gasteiger partial charge in [0, 0.05) is 19.1 Å². The van der Waals surface area contributed by atoms with Crippen LogP contribution in [0.3, 0.4) is 0 Å². The van der Waals surface area contributed by atoms with Crippen LogP contribution in [0.4, 0.5) is 0 Å². The zero-order valence-corrected chi connectivity index (χ0v) is 12.0. The van der Waals surface area contributed by atoms with E-state index in [4.69, 9.17) is 5.73 Å². The Balaban J connectivity index is 2.09. The maximum absolute atomic E-state index is 12.5. The van der Waals surface area contributed by atoms with Crippen LogP contribution < -0.4 is 5.73 Å². The summed E-state index contributed by atoms with van der Waals surface area (Å²) in [5, 5.41) is 2.01. The maximum Gasteiger partial charge on any atom is 0.264 e. The summed E-state index contributed by atoms with van der Waals surface area (Å²) in [5.74, 6) is 0.653. The van der Waals surface area contributed by atoms with E-state index in [1.54, 1.807) is 11.3 Å². The average Bonchev–Trinajstić information content (AvgIpc) is 2.86. The van der Waals surface area contributed by atoms with E-state index in [1.165, 1.54) is 5.56 Å². The molecule has 1 aliphatic rings. The van der Waals surface area contributed by atoms with Crippen molar-refractivity contribution in [3.63, 3.8) is 0 Å². The lowest BCUT2D eigenvalue weighted by Crippen LogP contribution is -2.45. The number of nitrogens with zero attached hydrogens (tertiary/aromatic N) is 1. The van der Waals surface area contributed by atoms with Gasteiger partial charge in [-0.2, -0.15) is 0 Å². The fourth-order valence-electron chi connectivity index (χ4n) is 2.57. The molecular weight excluding hydrogens is 244 g/mol. The highest BCUT2D eigenvalue weighted by atomic mass is 32.1. The predicted molar refractivity (Wildman–Crippen MR) is 76.0 cm³/mol. The number of carbonyl (C=O) groups excluding carboxylic acids is 1. The molecule has 0 unspecified atom stereocenters. The van der Waals surface area contributed by atoms with Gasteiger partial charge in [-0.3, -0.25) is 4.79 Å². The minimum absolute atomic E-state index is 0.176. The molecule has 4 heteroatoms. The number of hydrogen-bond donors (Lipinski definition) is 1. The summed E-state index contributed by atoms with van der Waals surface area (Å²) in [5.41, 5.74) is 7.14. The second kappa shape index (κ2) is 5.85. The summed E-state index contributed by atoms with van der Waals surface area (Å²) in [6.45, 7) is 5.84. The Kier molecular flexibility index (Phi) is 4.40. The van der Waals surface area contributed by atoms with E-state index < -0.39 is 0 Å². The van der Waals surface area contributed by atoms with E-state index in [2.05, 4.69) is 13.0 Å². The smallest absolute Gasteiger partial charge is 0.264 e. The third-order valence-electron chi connectivity index (χ3n) is 3.81. The van der Waals surface area contributed by atoms with Crippen LogP contribution in [-0.4, -0.2) is 29.9 Å². The molecule has 1 aromatic heterocycles. The molecule has 3 nitrogen and oxygen atoms in total. The Morgan fingerprint density at radius 3 is 3.11 bits per heavy atom. The average molecular weight is 266 g/mol. The first-order chi connectivity index (χ1) is 8.63. The van der Waals surface area contributed by atoms with Gasteiger partial charge in [0.25, 0.3) is 5.91 Å². The number of piperidine rings is 1. The van der Waals surface area contributed by atoms with Crippen molar-refractivity contribution in [3.8, 4) is 0 Å². The number of hydrogen-bond acceptors (Lipinski definition) is 3. The van der Waals surface area contributed by atoms with Crippen LogP contribution >= 0.6 is 11.3 Å². The molecule has 0 aromatic carbocycles. The van der Waals surface area contributed by atoms with E-state index in [-0.39, 0.29) is 11.9 Å². The van der Waals surface area contributed by atoms with Gasteiger partial charge in [-0.15, -0.1) is 11.3 Å². The zero-order valence-electron chi connectivity index (χ0n) is 11.2. The molecule has 1 aromatic rings. The second-order valence-corrected chi connectivity index (χ2v) is 6.06. The number of amides is 1. The number of rotatable bonds is 3. The van der Waals surface area contributed by atoms with Crippen molar-refractivity contribution in [2.24, 2.45) is 11.7 Å².